The molecule has 0 saturated carbocycles. The molecule has 3 heterocycles. The number of H-pyrrole nitrogens is 1. The Labute approximate surface area is 189 Å². The standard InChI is InChI=1S/C23H24FN5O4/c1-13-11-28(12-14-3-5-15(24)6-4-14)7-8-29(13)23(32)17-9-16-18(19(30)20(25)31)10-26-21(16)27-22(17)33-2/h3-6,9-10,13H,7-8,11-12H2,1-2H3,(H2,25,31)(H,26,27). The first-order chi connectivity index (χ1) is 15.8. The van der Waals surface area contributed by atoms with Crippen LogP contribution < -0.4 is 10.5 Å². The third kappa shape index (κ3) is 4.42. The van der Waals surface area contributed by atoms with E-state index >= 15 is 0 Å². The average molecular weight is 453 g/mol. The predicted molar refractivity (Wildman–Crippen MR) is 118 cm³/mol. The monoisotopic (exact) mass is 453 g/mol. The minimum Gasteiger partial charge on any atom is -0.480 e. The molecule has 1 aliphatic rings. The number of benzene rings is 1. The molecule has 3 N–H and O–H groups in total. The van der Waals surface area contributed by atoms with Crippen molar-refractivity contribution in [3.63, 3.8) is 0 Å². The van der Waals surface area contributed by atoms with E-state index < -0.39 is 11.7 Å². The quantitative estimate of drug-likeness (QED) is 0.433. The number of amides is 2. The van der Waals surface area contributed by atoms with Crippen molar-refractivity contribution in [1.29, 1.82) is 0 Å². The van der Waals surface area contributed by atoms with E-state index in [1.807, 2.05) is 6.92 Å². The van der Waals surface area contributed by atoms with Crippen LogP contribution in [0.1, 0.15) is 33.2 Å². The molecule has 0 spiro atoms. The summed E-state index contributed by atoms with van der Waals surface area (Å²) in [5.74, 6) is -2.40. The fourth-order valence-corrected chi connectivity index (χ4v) is 4.14. The second kappa shape index (κ2) is 8.99. The average Bonchev–Trinajstić information content (AvgIpc) is 3.21. The number of halogens is 1. The van der Waals surface area contributed by atoms with Gasteiger partial charge >= 0.3 is 0 Å². The van der Waals surface area contributed by atoms with Gasteiger partial charge < -0.3 is 20.4 Å². The van der Waals surface area contributed by atoms with Gasteiger partial charge in [0.05, 0.1) is 12.7 Å². The number of fused-ring (bicyclic) bond motifs is 1. The van der Waals surface area contributed by atoms with E-state index in [0.29, 0.717) is 37.2 Å². The van der Waals surface area contributed by atoms with Crippen LogP contribution in [0.3, 0.4) is 0 Å². The van der Waals surface area contributed by atoms with E-state index in [0.717, 1.165) is 5.56 Å². The highest BCUT2D eigenvalue weighted by molar-refractivity contribution is 6.44. The summed E-state index contributed by atoms with van der Waals surface area (Å²) < 4.78 is 18.5. The van der Waals surface area contributed by atoms with Crippen molar-refractivity contribution in [2.75, 3.05) is 26.7 Å². The summed E-state index contributed by atoms with van der Waals surface area (Å²) in [5.41, 5.74) is 6.70. The number of aromatic amines is 1. The zero-order valence-electron chi connectivity index (χ0n) is 18.3. The number of methoxy groups -OCH3 is 1. The van der Waals surface area contributed by atoms with Gasteiger partial charge in [0, 0.05) is 43.8 Å². The number of hydrogen-bond donors (Lipinski definition) is 2. The van der Waals surface area contributed by atoms with Crippen LogP contribution in [-0.4, -0.2) is 70.2 Å². The number of primary amides is 1. The van der Waals surface area contributed by atoms with Crippen LogP contribution in [0.15, 0.2) is 36.5 Å². The molecule has 4 rings (SSSR count). The fourth-order valence-electron chi connectivity index (χ4n) is 4.14. The molecule has 0 aliphatic carbocycles. The summed E-state index contributed by atoms with van der Waals surface area (Å²) in [6, 6.07) is 7.78. The van der Waals surface area contributed by atoms with Crippen molar-refractivity contribution >= 4 is 28.6 Å². The maximum absolute atomic E-state index is 13.4. The summed E-state index contributed by atoms with van der Waals surface area (Å²) in [5, 5.41) is 0.325. The number of ketones is 1. The van der Waals surface area contributed by atoms with Crippen molar-refractivity contribution in [2.45, 2.75) is 19.5 Å². The maximum atomic E-state index is 13.4. The van der Waals surface area contributed by atoms with E-state index in [2.05, 4.69) is 14.9 Å². The molecule has 1 fully saturated rings. The van der Waals surface area contributed by atoms with Gasteiger partial charge in [-0.15, -0.1) is 0 Å². The molecule has 172 valence electrons. The Morgan fingerprint density at radius 2 is 1.94 bits per heavy atom. The van der Waals surface area contributed by atoms with E-state index in [9.17, 15) is 18.8 Å². The molecule has 1 aromatic carbocycles. The van der Waals surface area contributed by atoms with Crippen LogP contribution >= 0.6 is 0 Å². The minimum atomic E-state index is -1.09. The first kappa shape index (κ1) is 22.4. The maximum Gasteiger partial charge on any atom is 0.289 e. The lowest BCUT2D eigenvalue weighted by atomic mass is 10.1. The smallest absolute Gasteiger partial charge is 0.289 e. The number of carbonyl (C=O) groups excluding carboxylic acids is 3. The first-order valence-corrected chi connectivity index (χ1v) is 10.5. The Morgan fingerprint density at radius 1 is 1.21 bits per heavy atom. The van der Waals surface area contributed by atoms with Gasteiger partial charge in [0.1, 0.15) is 17.0 Å². The summed E-state index contributed by atoms with van der Waals surface area (Å²) in [6.45, 7) is 4.36. The number of aromatic nitrogens is 2. The summed E-state index contributed by atoms with van der Waals surface area (Å²) in [6.07, 6.45) is 1.34. The Morgan fingerprint density at radius 3 is 2.58 bits per heavy atom. The van der Waals surface area contributed by atoms with Crippen LogP contribution in [0, 0.1) is 5.82 Å². The highest BCUT2D eigenvalue weighted by atomic mass is 19.1. The third-order valence-electron chi connectivity index (χ3n) is 5.82. The zero-order chi connectivity index (χ0) is 23.7. The number of ether oxygens (including phenoxy) is 1. The highest BCUT2D eigenvalue weighted by Gasteiger charge is 2.31. The lowest BCUT2D eigenvalue weighted by molar-refractivity contribution is -0.114. The Balaban J connectivity index is 1.56. The van der Waals surface area contributed by atoms with E-state index in [1.54, 1.807) is 17.0 Å². The number of nitrogens with zero attached hydrogens (tertiary/aromatic N) is 3. The molecule has 0 radical (unpaired) electrons. The lowest BCUT2D eigenvalue weighted by Crippen LogP contribution is -2.53. The number of hydrogen-bond acceptors (Lipinski definition) is 6. The third-order valence-corrected chi connectivity index (χ3v) is 5.82. The molecule has 3 aromatic rings. The normalized spacial score (nSPS) is 16.7. The number of rotatable bonds is 6. The SMILES string of the molecule is COc1nc2[nH]cc(C(=O)C(N)=O)c2cc1C(=O)N1CCN(Cc2ccc(F)cc2)CC1C. The topological polar surface area (TPSA) is 122 Å². The molecule has 10 heteroatoms. The summed E-state index contributed by atoms with van der Waals surface area (Å²) in [7, 11) is 1.41. The van der Waals surface area contributed by atoms with Gasteiger partial charge in [-0.1, -0.05) is 12.1 Å². The second-order valence-corrected chi connectivity index (χ2v) is 8.05. The van der Waals surface area contributed by atoms with Gasteiger partial charge in [0.25, 0.3) is 17.6 Å². The number of piperazine rings is 1. The Kier molecular flexibility index (Phi) is 6.10. The first-order valence-electron chi connectivity index (χ1n) is 10.5. The van der Waals surface area contributed by atoms with Gasteiger partial charge in [-0.05, 0) is 30.7 Å². The lowest BCUT2D eigenvalue weighted by Gasteiger charge is -2.40. The molecule has 1 unspecified atom stereocenters. The van der Waals surface area contributed by atoms with Gasteiger partial charge in [0.15, 0.2) is 0 Å². The highest BCUT2D eigenvalue weighted by Crippen LogP contribution is 2.27. The van der Waals surface area contributed by atoms with Crippen molar-refractivity contribution in [1.82, 2.24) is 19.8 Å². The van der Waals surface area contributed by atoms with Gasteiger partial charge in [-0.3, -0.25) is 19.3 Å². The van der Waals surface area contributed by atoms with E-state index in [1.165, 1.54) is 31.5 Å². The molecule has 0 bridgehead atoms. The second-order valence-electron chi connectivity index (χ2n) is 8.05. The molecule has 9 nitrogen and oxygen atoms in total. The molecule has 33 heavy (non-hydrogen) atoms. The predicted octanol–water partition coefficient (Wildman–Crippen LogP) is 1.73. The van der Waals surface area contributed by atoms with E-state index in [4.69, 9.17) is 10.5 Å². The number of carbonyl (C=O) groups is 3. The minimum absolute atomic E-state index is 0.0545. The van der Waals surface area contributed by atoms with Crippen LogP contribution in [0.4, 0.5) is 4.39 Å². The van der Waals surface area contributed by atoms with Crippen LogP contribution in [0.25, 0.3) is 11.0 Å². The van der Waals surface area contributed by atoms with Gasteiger partial charge in [-0.25, -0.2) is 4.39 Å². The molecular weight excluding hydrogens is 429 g/mol. The largest absolute Gasteiger partial charge is 0.480 e. The summed E-state index contributed by atoms with van der Waals surface area (Å²) >= 11 is 0. The Hall–Kier alpha value is -3.79. The zero-order valence-corrected chi connectivity index (χ0v) is 18.3. The van der Waals surface area contributed by atoms with E-state index in [-0.39, 0.29) is 34.8 Å². The summed E-state index contributed by atoms with van der Waals surface area (Å²) in [4.78, 5) is 48.0. The molecule has 1 saturated heterocycles. The molecule has 2 amide bonds. The van der Waals surface area contributed by atoms with Gasteiger partial charge in [0.2, 0.25) is 5.88 Å². The van der Waals surface area contributed by atoms with Crippen molar-refractivity contribution in [3.05, 3.63) is 59.0 Å². The van der Waals surface area contributed by atoms with Crippen LogP contribution in [0.5, 0.6) is 5.88 Å². The molecule has 2 aromatic heterocycles. The number of pyridine rings is 1. The molecule has 1 aliphatic heterocycles. The number of nitrogens with two attached hydrogens (primary N) is 1. The van der Waals surface area contributed by atoms with Crippen LogP contribution in [-0.2, 0) is 11.3 Å². The number of Topliss-reactive ketones (excluding diaryl/α,β-unsaturated/α-hetero) is 1. The number of nitrogens with one attached hydrogen (secondary N) is 1. The molecule has 1 atom stereocenters. The molecular formula is C23H24FN5O4. The van der Waals surface area contributed by atoms with Crippen molar-refractivity contribution < 1.29 is 23.5 Å². The fraction of sp³-hybridized carbons (Fsp3) is 0.304. The van der Waals surface area contributed by atoms with Gasteiger partial charge in [-0.2, -0.15) is 4.98 Å². The Bertz CT molecular complexity index is 1220. The van der Waals surface area contributed by atoms with Crippen molar-refractivity contribution in [2.24, 2.45) is 5.73 Å². The van der Waals surface area contributed by atoms with Crippen molar-refractivity contribution in [3.8, 4) is 5.88 Å². The van der Waals surface area contributed by atoms with Crippen LogP contribution in [0.2, 0.25) is 0 Å².